The van der Waals surface area contributed by atoms with Crippen molar-refractivity contribution in [3.8, 4) is 0 Å². The van der Waals surface area contributed by atoms with E-state index < -0.39 is 0 Å². The Balaban J connectivity index is 1.91. The highest BCUT2D eigenvalue weighted by Crippen LogP contribution is 2.35. The molecule has 1 fully saturated rings. The summed E-state index contributed by atoms with van der Waals surface area (Å²) >= 11 is 0. The molecule has 1 aromatic rings. The fourth-order valence-corrected chi connectivity index (χ4v) is 2.93. The molecule has 0 radical (unpaired) electrons. The van der Waals surface area contributed by atoms with Gasteiger partial charge in [0.15, 0.2) is 0 Å². The van der Waals surface area contributed by atoms with Crippen molar-refractivity contribution in [2.75, 3.05) is 13.2 Å². The number of hydrogen-bond acceptors (Lipinski definition) is 2. The summed E-state index contributed by atoms with van der Waals surface area (Å²) in [5, 5.41) is 13.2. The first-order valence-corrected chi connectivity index (χ1v) is 7.25. The number of benzene rings is 1. The molecule has 2 N–H and O–H groups in total. The van der Waals surface area contributed by atoms with Crippen molar-refractivity contribution in [3.63, 3.8) is 0 Å². The Morgan fingerprint density at radius 2 is 1.84 bits per heavy atom. The molecule has 0 amide bonds. The van der Waals surface area contributed by atoms with E-state index in [0.29, 0.717) is 0 Å². The van der Waals surface area contributed by atoms with Gasteiger partial charge in [-0.05, 0) is 37.5 Å². The minimum Gasteiger partial charge on any atom is -0.396 e. The summed E-state index contributed by atoms with van der Waals surface area (Å²) in [7, 11) is 0. The van der Waals surface area contributed by atoms with Crippen LogP contribution in [0.3, 0.4) is 0 Å². The van der Waals surface area contributed by atoms with Gasteiger partial charge in [0.05, 0.1) is 0 Å². The molecule has 0 unspecified atom stereocenters. The first-order valence-electron chi connectivity index (χ1n) is 7.25. The number of rotatable bonds is 5. The normalized spacial score (nSPS) is 20.2. The number of aliphatic hydroxyl groups is 1. The van der Waals surface area contributed by atoms with Crippen LogP contribution in [0.25, 0.3) is 0 Å². The molecule has 2 rings (SSSR count). The zero-order valence-electron chi connectivity index (χ0n) is 11.7. The number of nitrogens with one attached hydrogen (secondary N) is 1. The summed E-state index contributed by atoms with van der Waals surface area (Å²) in [5.74, 6) is -0.199. The van der Waals surface area contributed by atoms with Gasteiger partial charge < -0.3 is 10.4 Å². The summed E-state index contributed by atoms with van der Waals surface area (Å²) in [4.78, 5) is 0. The van der Waals surface area contributed by atoms with Crippen LogP contribution in [0.15, 0.2) is 24.3 Å². The lowest BCUT2D eigenvalue weighted by atomic mass is 9.74. The summed E-state index contributed by atoms with van der Waals surface area (Å²) < 4.78 is 12.9. The number of aliphatic hydroxyl groups excluding tert-OH is 1. The molecule has 1 aromatic carbocycles. The van der Waals surface area contributed by atoms with Crippen molar-refractivity contribution in [2.24, 2.45) is 5.41 Å². The van der Waals surface area contributed by atoms with Crippen LogP contribution in [-0.4, -0.2) is 18.3 Å². The molecule has 106 valence electrons. The van der Waals surface area contributed by atoms with E-state index in [2.05, 4.69) is 12.2 Å². The molecule has 2 nitrogen and oxygen atoms in total. The zero-order valence-corrected chi connectivity index (χ0v) is 11.7. The second kappa shape index (κ2) is 6.49. The molecule has 19 heavy (non-hydrogen) atoms. The summed E-state index contributed by atoms with van der Waals surface area (Å²) in [5.41, 5.74) is 1.14. The average Bonchev–Trinajstić information content (AvgIpc) is 2.46. The van der Waals surface area contributed by atoms with E-state index in [4.69, 9.17) is 0 Å². The van der Waals surface area contributed by atoms with E-state index >= 15 is 0 Å². The fraction of sp³-hybridized carbons (Fsp3) is 0.625. The molecule has 1 atom stereocenters. The van der Waals surface area contributed by atoms with Gasteiger partial charge in [-0.3, -0.25) is 0 Å². The van der Waals surface area contributed by atoms with Crippen LogP contribution in [0.4, 0.5) is 4.39 Å². The minimum atomic E-state index is -0.199. The lowest BCUT2D eigenvalue weighted by Crippen LogP contribution is -2.39. The second-order valence-electron chi connectivity index (χ2n) is 5.87. The minimum absolute atomic E-state index is 0.0482. The van der Waals surface area contributed by atoms with Gasteiger partial charge in [0.1, 0.15) is 5.82 Å². The molecule has 1 saturated carbocycles. The van der Waals surface area contributed by atoms with Crippen LogP contribution in [-0.2, 0) is 0 Å². The third kappa shape index (κ3) is 3.77. The van der Waals surface area contributed by atoms with E-state index in [1.807, 2.05) is 12.1 Å². The molecule has 1 aliphatic carbocycles. The highest BCUT2D eigenvalue weighted by atomic mass is 19.1. The van der Waals surface area contributed by atoms with Crippen molar-refractivity contribution in [1.29, 1.82) is 0 Å². The molecule has 0 heterocycles. The standard InChI is InChI=1S/C16H24FNO/c1-13(14-5-7-15(17)8-6-14)18-11-16(12-19)9-3-2-4-10-16/h5-8,13,18-19H,2-4,9-12H2,1H3/t13-/m1/s1. The second-order valence-corrected chi connectivity index (χ2v) is 5.87. The predicted octanol–water partition coefficient (Wildman–Crippen LogP) is 3.42. The lowest BCUT2D eigenvalue weighted by molar-refractivity contribution is 0.0789. The quantitative estimate of drug-likeness (QED) is 0.855. The molecule has 0 saturated heterocycles. The van der Waals surface area contributed by atoms with Gasteiger partial charge in [-0.25, -0.2) is 4.39 Å². The Kier molecular flexibility index (Phi) is 4.94. The molecule has 0 aliphatic heterocycles. The van der Waals surface area contributed by atoms with Gasteiger partial charge in [-0.2, -0.15) is 0 Å². The number of halogens is 1. The Morgan fingerprint density at radius 1 is 1.21 bits per heavy atom. The highest BCUT2D eigenvalue weighted by molar-refractivity contribution is 5.19. The maximum absolute atomic E-state index is 12.9. The summed E-state index contributed by atoms with van der Waals surface area (Å²) in [6.07, 6.45) is 5.93. The molecule has 0 bridgehead atoms. The molecule has 0 spiro atoms. The van der Waals surface area contributed by atoms with E-state index in [-0.39, 0.29) is 23.9 Å². The SMILES string of the molecule is C[C@@H](NCC1(CO)CCCCC1)c1ccc(F)cc1. The fourth-order valence-electron chi connectivity index (χ4n) is 2.93. The largest absolute Gasteiger partial charge is 0.396 e. The van der Waals surface area contributed by atoms with Crippen LogP contribution in [0, 0.1) is 11.2 Å². The molecule has 3 heteroatoms. The Labute approximate surface area is 115 Å². The van der Waals surface area contributed by atoms with Gasteiger partial charge in [0, 0.05) is 24.6 Å². The van der Waals surface area contributed by atoms with Gasteiger partial charge in [0.2, 0.25) is 0 Å². The first kappa shape index (κ1) is 14.5. The summed E-state index contributed by atoms with van der Waals surface area (Å²) in [6, 6.07) is 6.82. The molecule has 0 aromatic heterocycles. The molecule has 1 aliphatic rings. The van der Waals surface area contributed by atoms with E-state index in [0.717, 1.165) is 24.9 Å². The van der Waals surface area contributed by atoms with Crippen LogP contribution >= 0.6 is 0 Å². The van der Waals surface area contributed by atoms with Crippen molar-refractivity contribution >= 4 is 0 Å². The van der Waals surface area contributed by atoms with E-state index in [1.165, 1.54) is 31.4 Å². The van der Waals surface area contributed by atoms with Crippen molar-refractivity contribution < 1.29 is 9.50 Å². The van der Waals surface area contributed by atoms with E-state index in [1.54, 1.807) is 0 Å². The van der Waals surface area contributed by atoms with Crippen LogP contribution in [0.2, 0.25) is 0 Å². The van der Waals surface area contributed by atoms with Crippen LogP contribution in [0.1, 0.15) is 50.6 Å². The molecular weight excluding hydrogens is 241 g/mol. The van der Waals surface area contributed by atoms with Crippen molar-refractivity contribution in [3.05, 3.63) is 35.6 Å². The Hall–Kier alpha value is -0.930. The van der Waals surface area contributed by atoms with Crippen molar-refractivity contribution in [2.45, 2.75) is 45.1 Å². The number of hydrogen-bond donors (Lipinski definition) is 2. The predicted molar refractivity (Wildman–Crippen MR) is 75.4 cm³/mol. The molecular formula is C16H24FNO. The van der Waals surface area contributed by atoms with Gasteiger partial charge in [-0.15, -0.1) is 0 Å². The Bertz CT molecular complexity index is 384. The third-order valence-electron chi connectivity index (χ3n) is 4.40. The maximum Gasteiger partial charge on any atom is 0.123 e. The van der Waals surface area contributed by atoms with E-state index in [9.17, 15) is 9.50 Å². The van der Waals surface area contributed by atoms with Gasteiger partial charge >= 0.3 is 0 Å². The van der Waals surface area contributed by atoms with Crippen LogP contribution < -0.4 is 5.32 Å². The van der Waals surface area contributed by atoms with Crippen LogP contribution in [0.5, 0.6) is 0 Å². The first-order chi connectivity index (χ1) is 9.15. The van der Waals surface area contributed by atoms with Crippen molar-refractivity contribution in [1.82, 2.24) is 5.32 Å². The topological polar surface area (TPSA) is 32.3 Å². The summed E-state index contributed by atoms with van der Waals surface area (Å²) in [6.45, 7) is 3.18. The van der Waals surface area contributed by atoms with Gasteiger partial charge in [-0.1, -0.05) is 31.4 Å². The smallest absolute Gasteiger partial charge is 0.123 e. The Morgan fingerprint density at radius 3 is 2.42 bits per heavy atom. The third-order valence-corrected chi connectivity index (χ3v) is 4.40. The maximum atomic E-state index is 12.9. The monoisotopic (exact) mass is 265 g/mol. The van der Waals surface area contributed by atoms with Gasteiger partial charge in [0.25, 0.3) is 0 Å². The highest BCUT2D eigenvalue weighted by Gasteiger charge is 2.31. The average molecular weight is 265 g/mol. The zero-order chi connectivity index (χ0) is 13.7. The lowest BCUT2D eigenvalue weighted by Gasteiger charge is -2.36.